The zero-order valence-corrected chi connectivity index (χ0v) is 12.2. The molecule has 0 saturated heterocycles. The van der Waals surface area contributed by atoms with Crippen LogP contribution in [-0.4, -0.2) is 32.3 Å². The van der Waals surface area contributed by atoms with Gasteiger partial charge in [0.2, 0.25) is 0 Å². The summed E-state index contributed by atoms with van der Waals surface area (Å²) in [6.07, 6.45) is 8.11. The fraction of sp³-hybridized carbons (Fsp3) is 0.933. The molecule has 0 aliphatic heterocycles. The summed E-state index contributed by atoms with van der Waals surface area (Å²) in [7, 11) is 0. The van der Waals surface area contributed by atoms with Gasteiger partial charge in [-0.2, -0.15) is 0 Å². The monoisotopic (exact) mass is 267 g/mol. The lowest BCUT2D eigenvalue weighted by atomic mass is 9.86. The third-order valence-electron chi connectivity index (χ3n) is 4.64. The molecule has 110 valence electrons. The van der Waals surface area contributed by atoms with E-state index in [9.17, 15) is 0 Å². The zero-order valence-electron chi connectivity index (χ0n) is 12.2. The number of nitrogens with two attached hydrogens (primary N) is 1. The summed E-state index contributed by atoms with van der Waals surface area (Å²) in [4.78, 5) is 4.31. The van der Waals surface area contributed by atoms with Gasteiger partial charge in [-0.1, -0.05) is 6.42 Å². The Morgan fingerprint density at radius 3 is 2.95 bits per heavy atom. The van der Waals surface area contributed by atoms with Crippen LogP contribution < -0.4 is 11.1 Å². The van der Waals surface area contributed by atoms with Crippen LogP contribution in [0.2, 0.25) is 0 Å². The van der Waals surface area contributed by atoms with Crippen LogP contribution >= 0.6 is 0 Å². The molecule has 3 atom stereocenters. The van der Waals surface area contributed by atoms with Crippen molar-refractivity contribution >= 4 is 5.96 Å². The van der Waals surface area contributed by atoms with E-state index in [1.54, 1.807) is 0 Å². The minimum absolute atomic E-state index is 0.597. The van der Waals surface area contributed by atoms with Crippen molar-refractivity contribution in [3.05, 3.63) is 0 Å². The predicted octanol–water partition coefficient (Wildman–Crippen LogP) is 2.14. The number of aliphatic imine (C=N–C) groups is 1. The van der Waals surface area contributed by atoms with Gasteiger partial charge in [-0.15, -0.1) is 0 Å². The van der Waals surface area contributed by atoms with E-state index in [0.717, 1.165) is 50.5 Å². The molecule has 0 radical (unpaired) electrons. The maximum Gasteiger partial charge on any atom is 0.188 e. The van der Waals surface area contributed by atoms with Crippen LogP contribution in [0.3, 0.4) is 0 Å². The van der Waals surface area contributed by atoms with Gasteiger partial charge in [0, 0.05) is 26.3 Å². The second-order valence-electron chi connectivity index (χ2n) is 5.97. The molecule has 0 heterocycles. The van der Waals surface area contributed by atoms with Gasteiger partial charge in [0.1, 0.15) is 0 Å². The Morgan fingerprint density at radius 2 is 2.26 bits per heavy atom. The van der Waals surface area contributed by atoms with Crippen molar-refractivity contribution in [1.82, 2.24) is 5.32 Å². The average Bonchev–Trinajstić information content (AvgIpc) is 3.01. The van der Waals surface area contributed by atoms with Crippen LogP contribution in [0.25, 0.3) is 0 Å². The Kier molecular flexibility index (Phi) is 5.95. The van der Waals surface area contributed by atoms with Crippen molar-refractivity contribution in [2.24, 2.45) is 28.5 Å². The lowest BCUT2D eigenvalue weighted by Gasteiger charge is -2.21. The quantitative estimate of drug-likeness (QED) is 0.402. The summed E-state index contributed by atoms with van der Waals surface area (Å²) in [6, 6.07) is 0. The van der Waals surface area contributed by atoms with Crippen molar-refractivity contribution in [1.29, 1.82) is 0 Å². The lowest BCUT2D eigenvalue weighted by Crippen LogP contribution is -2.33. The Balaban J connectivity index is 1.51. The maximum atomic E-state index is 5.85. The predicted molar refractivity (Wildman–Crippen MR) is 79.2 cm³/mol. The van der Waals surface area contributed by atoms with Crippen molar-refractivity contribution in [3.8, 4) is 0 Å². The molecule has 2 rings (SSSR count). The van der Waals surface area contributed by atoms with Crippen molar-refractivity contribution in [3.63, 3.8) is 0 Å². The molecule has 2 aliphatic carbocycles. The van der Waals surface area contributed by atoms with Crippen LogP contribution in [0, 0.1) is 17.8 Å². The van der Waals surface area contributed by atoms with Gasteiger partial charge in [0.05, 0.1) is 0 Å². The molecule has 0 amide bonds. The number of fused-ring (bicyclic) bond motifs is 2. The molecule has 2 bridgehead atoms. The first-order chi connectivity index (χ1) is 9.29. The number of nitrogens with zero attached hydrogens (tertiary/aromatic N) is 1. The minimum atomic E-state index is 0.597. The SMILES string of the molecule is CCOCCCN=C(N)NCCC1CC2CCC1C2. The summed E-state index contributed by atoms with van der Waals surface area (Å²) in [5, 5.41) is 3.25. The highest BCUT2D eigenvalue weighted by Crippen LogP contribution is 2.49. The molecule has 4 heteroatoms. The van der Waals surface area contributed by atoms with E-state index in [2.05, 4.69) is 10.3 Å². The normalized spacial score (nSPS) is 29.9. The molecule has 19 heavy (non-hydrogen) atoms. The fourth-order valence-electron chi connectivity index (χ4n) is 3.68. The topological polar surface area (TPSA) is 59.6 Å². The number of nitrogens with one attached hydrogen (secondary N) is 1. The van der Waals surface area contributed by atoms with Gasteiger partial charge in [0.25, 0.3) is 0 Å². The number of rotatable bonds is 8. The number of hydrogen-bond acceptors (Lipinski definition) is 2. The third kappa shape index (κ3) is 4.68. The number of ether oxygens (including phenoxy) is 1. The van der Waals surface area contributed by atoms with E-state index >= 15 is 0 Å². The second-order valence-corrected chi connectivity index (χ2v) is 5.97. The van der Waals surface area contributed by atoms with Crippen molar-refractivity contribution in [2.75, 3.05) is 26.3 Å². The van der Waals surface area contributed by atoms with Gasteiger partial charge in [-0.05, 0) is 56.8 Å². The Morgan fingerprint density at radius 1 is 1.37 bits per heavy atom. The minimum Gasteiger partial charge on any atom is -0.382 e. The molecule has 2 fully saturated rings. The van der Waals surface area contributed by atoms with Crippen molar-refractivity contribution in [2.45, 2.75) is 45.4 Å². The third-order valence-corrected chi connectivity index (χ3v) is 4.64. The molecule has 2 aliphatic rings. The standard InChI is InChI=1S/C15H29N3O/c1-2-19-9-3-7-17-15(16)18-8-6-14-11-12-4-5-13(14)10-12/h12-14H,2-11H2,1H3,(H3,16,17,18). The molecule has 0 aromatic rings. The molecular weight excluding hydrogens is 238 g/mol. The number of hydrogen-bond donors (Lipinski definition) is 2. The van der Waals surface area contributed by atoms with Crippen LogP contribution in [0.15, 0.2) is 4.99 Å². The highest BCUT2D eigenvalue weighted by atomic mass is 16.5. The second kappa shape index (κ2) is 7.73. The van der Waals surface area contributed by atoms with Gasteiger partial charge >= 0.3 is 0 Å². The van der Waals surface area contributed by atoms with Gasteiger partial charge in [0.15, 0.2) is 5.96 Å². The molecule has 4 nitrogen and oxygen atoms in total. The molecular formula is C15H29N3O. The average molecular weight is 267 g/mol. The van der Waals surface area contributed by atoms with Gasteiger partial charge in [-0.3, -0.25) is 4.99 Å². The molecule has 0 spiro atoms. The highest BCUT2D eigenvalue weighted by molar-refractivity contribution is 5.77. The van der Waals surface area contributed by atoms with Crippen LogP contribution in [0.4, 0.5) is 0 Å². The molecule has 0 aromatic heterocycles. The highest BCUT2D eigenvalue weighted by Gasteiger charge is 2.38. The Bertz CT molecular complexity index is 293. The summed E-state index contributed by atoms with van der Waals surface area (Å²) in [5.74, 6) is 3.59. The first-order valence-electron chi connectivity index (χ1n) is 7.91. The first-order valence-corrected chi connectivity index (χ1v) is 7.91. The lowest BCUT2D eigenvalue weighted by molar-refractivity contribution is 0.146. The van der Waals surface area contributed by atoms with E-state index in [0.29, 0.717) is 5.96 Å². The summed E-state index contributed by atoms with van der Waals surface area (Å²) >= 11 is 0. The van der Waals surface area contributed by atoms with Crippen LogP contribution in [0.5, 0.6) is 0 Å². The van der Waals surface area contributed by atoms with Crippen molar-refractivity contribution < 1.29 is 4.74 Å². The largest absolute Gasteiger partial charge is 0.382 e. The molecule has 0 aromatic carbocycles. The summed E-state index contributed by atoms with van der Waals surface area (Å²) in [6.45, 7) is 5.30. The van der Waals surface area contributed by atoms with Gasteiger partial charge < -0.3 is 15.8 Å². The summed E-state index contributed by atoms with van der Waals surface area (Å²) < 4.78 is 5.26. The molecule has 3 N–H and O–H groups in total. The van der Waals surface area contributed by atoms with Gasteiger partial charge in [-0.25, -0.2) is 0 Å². The number of guanidine groups is 1. The summed E-state index contributed by atoms with van der Waals surface area (Å²) in [5.41, 5.74) is 5.85. The van der Waals surface area contributed by atoms with Crippen LogP contribution in [-0.2, 0) is 4.74 Å². The Hall–Kier alpha value is -0.770. The molecule has 2 saturated carbocycles. The zero-order chi connectivity index (χ0) is 13.5. The van der Waals surface area contributed by atoms with Crippen LogP contribution in [0.1, 0.15) is 45.4 Å². The first kappa shape index (κ1) is 14.6. The van der Waals surface area contributed by atoms with E-state index < -0.39 is 0 Å². The van der Waals surface area contributed by atoms with E-state index in [-0.39, 0.29) is 0 Å². The Labute approximate surface area is 117 Å². The maximum absolute atomic E-state index is 5.85. The smallest absolute Gasteiger partial charge is 0.188 e. The molecule has 3 unspecified atom stereocenters. The van der Waals surface area contributed by atoms with E-state index in [1.807, 2.05) is 6.92 Å². The fourth-order valence-corrected chi connectivity index (χ4v) is 3.68. The van der Waals surface area contributed by atoms with E-state index in [1.165, 1.54) is 32.1 Å². The van der Waals surface area contributed by atoms with E-state index in [4.69, 9.17) is 10.5 Å².